The Balaban J connectivity index is 1.48. The number of aromatic nitrogens is 1. The lowest BCUT2D eigenvalue weighted by molar-refractivity contribution is -0.0499. The molecule has 1 atom stereocenters. The van der Waals surface area contributed by atoms with E-state index < -0.39 is 24.4 Å². The summed E-state index contributed by atoms with van der Waals surface area (Å²) in [5.74, 6) is -0.697. The molecular formula is C22H18F3N3O4. The van der Waals surface area contributed by atoms with Gasteiger partial charge >= 0.3 is 6.61 Å². The van der Waals surface area contributed by atoms with Gasteiger partial charge in [0.1, 0.15) is 29.7 Å². The van der Waals surface area contributed by atoms with Crippen LogP contribution in [0.5, 0.6) is 11.5 Å². The molecule has 3 aromatic rings. The number of pyridine rings is 1. The second-order valence-corrected chi connectivity index (χ2v) is 7.62. The van der Waals surface area contributed by atoms with Gasteiger partial charge in [0.25, 0.3) is 5.91 Å². The Bertz CT molecular complexity index is 1250. The Kier molecular flexibility index (Phi) is 4.81. The van der Waals surface area contributed by atoms with Gasteiger partial charge in [-0.05, 0) is 23.8 Å². The maximum absolute atomic E-state index is 14.9. The SMILES string of the molecule is CN(C(=O)c1cc2c3c(c(N)nc2cc1F)COC3)[C@@H]1COc2cc(OC(F)F)ccc21. The molecule has 2 aliphatic rings. The molecule has 0 fully saturated rings. The highest BCUT2D eigenvalue weighted by atomic mass is 19.3. The summed E-state index contributed by atoms with van der Waals surface area (Å²) < 4.78 is 55.2. The number of likely N-dealkylation sites (N-methyl/N-ethyl adjacent to an activating group) is 1. The third kappa shape index (κ3) is 3.27. The van der Waals surface area contributed by atoms with E-state index in [2.05, 4.69) is 9.72 Å². The highest BCUT2D eigenvalue weighted by Gasteiger charge is 2.33. The van der Waals surface area contributed by atoms with E-state index in [-0.39, 0.29) is 23.7 Å². The van der Waals surface area contributed by atoms with Crippen LogP contribution in [0.15, 0.2) is 30.3 Å². The van der Waals surface area contributed by atoms with Gasteiger partial charge in [0.2, 0.25) is 0 Å². The monoisotopic (exact) mass is 445 g/mol. The molecule has 0 unspecified atom stereocenters. The van der Waals surface area contributed by atoms with Crippen LogP contribution in [0.1, 0.15) is 33.1 Å². The number of alkyl halides is 2. The minimum Gasteiger partial charge on any atom is -0.491 e. The van der Waals surface area contributed by atoms with E-state index in [0.29, 0.717) is 35.4 Å². The first-order valence-corrected chi connectivity index (χ1v) is 9.80. The predicted molar refractivity (Wildman–Crippen MR) is 108 cm³/mol. The van der Waals surface area contributed by atoms with Crippen molar-refractivity contribution in [2.45, 2.75) is 25.9 Å². The third-order valence-electron chi connectivity index (χ3n) is 5.80. The van der Waals surface area contributed by atoms with Crippen LogP contribution in [-0.4, -0.2) is 36.1 Å². The molecule has 1 aromatic heterocycles. The average Bonchev–Trinajstić information content (AvgIpc) is 3.39. The van der Waals surface area contributed by atoms with E-state index in [1.807, 2.05) is 0 Å². The molecule has 2 N–H and O–H groups in total. The van der Waals surface area contributed by atoms with Crippen LogP contribution in [0.25, 0.3) is 10.9 Å². The smallest absolute Gasteiger partial charge is 0.387 e. The largest absolute Gasteiger partial charge is 0.491 e. The van der Waals surface area contributed by atoms with Crippen molar-refractivity contribution in [3.8, 4) is 11.5 Å². The molecule has 2 aliphatic heterocycles. The van der Waals surface area contributed by atoms with Gasteiger partial charge in [0.15, 0.2) is 0 Å². The van der Waals surface area contributed by atoms with Crippen molar-refractivity contribution in [3.63, 3.8) is 0 Å². The first-order chi connectivity index (χ1) is 15.3. The highest BCUT2D eigenvalue weighted by Crippen LogP contribution is 2.39. The van der Waals surface area contributed by atoms with Crippen molar-refractivity contribution in [1.82, 2.24) is 9.88 Å². The van der Waals surface area contributed by atoms with Crippen LogP contribution in [0, 0.1) is 5.82 Å². The molecule has 7 nitrogen and oxygen atoms in total. The Morgan fingerprint density at radius 2 is 2.03 bits per heavy atom. The van der Waals surface area contributed by atoms with Gasteiger partial charge in [-0.15, -0.1) is 0 Å². The number of fused-ring (bicyclic) bond motifs is 4. The molecule has 0 bridgehead atoms. The summed E-state index contributed by atoms with van der Waals surface area (Å²) in [7, 11) is 1.54. The van der Waals surface area contributed by atoms with E-state index in [0.717, 1.165) is 11.1 Å². The number of amides is 1. The van der Waals surface area contributed by atoms with Crippen LogP contribution < -0.4 is 15.2 Å². The second-order valence-electron chi connectivity index (χ2n) is 7.62. The predicted octanol–water partition coefficient (Wildman–Crippen LogP) is 3.79. The first kappa shape index (κ1) is 20.4. The molecule has 3 heterocycles. The normalized spacial score (nSPS) is 16.7. The molecule has 0 aliphatic carbocycles. The fourth-order valence-corrected chi connectivity index (χ4v) is 4.16. The van der Waals surface area contributed by atoms with Crippen LogP contribution in [-0.2, 0) is 18.0 Å². The molecule has 1 amide bonds. The molecule has 0 spiro atoms. The van der Waals surface area contributed by atoms with Crippen LogP contribution >= 0.6 is 0 Å². The van der Waals surface area contributed by atoms with Crippen molar-refractivity contribution in [2.75, 3.05) is 19.4 Å². The number of benzene rings is 2. The van der Waals surface area contributed by atoms with E-state index in [4.69, 9.17) is 15.2 Å². The van der Waals surface area contributed by atoms with E-state index >= 15 is 0 Å². The van der Waals surface area contributed by atoms with Gasteiger partial charge in [-0.2, -0.15) is 8.78 Å². The van der Waals surface area contributed by atoms with Crippen molar-refractivity contribution in [2.24, 2.45) is 0 Å². The fraction of sp³-hybridized carbons (Fsp3) is 0.273. The summed E-state index contributed by atoms with van der Waals surface area (Å²) in [6.45, 7) is -2.23. The number of nitrogen functional groups attached to an aromatic ring is 1. The van der Waals surface area contributed by atoms with Crippen LogP contribution in [0.2, 0.25) is 0 Å². The lowest BCUT2D eigenvalue weighted by Crippen LogP contribution is -2.32. The lowest BCUT2D eigenvalue weighted by atomic mass is 10.0. The summed E-state index contributed by atoms with van der Waals surface area (Å²) in [4.78, 5) is 18.8. The Morgan fingerprint density at radius 3 is 2.81 bits per heavy atom. The summed E-state index contributed by atoms with van der Waals surface area (Å²) in [5, 5.41) is 0.613. The number of carbonyl (C=O) groups is 1. The number of ether oxygens (including phenoxy) is 3. The van der Waals surface area contributed by atoms with Crippen molar-refractivity contribution in [1.29, 1.82) is 0 Å². The average molecular weight is 445 g/mol. The molecule has 32 heavy (non-hydrogen) atoms. The number of nitrogens with zero attached hydrogens (tertiary/aromatic N) is 2. The zero-order valence-corrected chi connectivity index (χ0v) is 16.9. The standard InChI is InChI=1S/C22H18F3N3O4/c1-28(18-9-31-19-4-10(32-22(24)25)2-3-11(18)19)21(29)13-5-12-14-7-30-8-15(14)20(26)27-17(12)6-16(13)23/h2-6,18,22H,7-9H2,1H3,(H2,26,27)/t18-/m1/s1. The first-order valence-electron chi connectivity index (χ1n) is 9.80. The van der Waals surface area contributed by atoms with Gasteiger partial charge in [-0.1, -0.05) is 0 Å². The highest BCUT2D eigenvalue weighted by molar-refractivity contribution is 5.99. The second kappa shape index (κ2) is 7.56. The van der Waals surface area contributed by atoms with Gasteiger partial charge in [0, 0.05) is 35.7 Å². The summed E-state index contributed by atoms with van der Waals surface area (Å²) in [6, 6.07) is 6.42. The number of carbonyl (C=O) groups excluding carboxylic acids is 1. The topological polar surface area (TPSA) is 86.9 Å². The number of nitrogens with two attached hydrogens (primary N) is 1. The molecule has 2 aromatic carbocycles. The van der Waals surface area contributed by atoms with Crippen molar-refractivity contribution in [3.05, 3.63) is 58.4 Å². The zero-order valence-electron chi connectivity index (χ0n) is 16.9. The molecule has 0 radical (unpaired) electrons. The molecule has 5 rings (SSSR count). The van der Waals surface area contributed by atoms with Gasteiger partial charge in [-0.3, -0.25) is 4.79 Å². The van der Waals surface area contributed by atoms with Crippen molar-refractivity contribution >= 4 is 22.6 Å². The minimum absolute atomic E-state index is 0.0446. The van der Waals surface area contributed by atoms with E-state index in [1.54, 1.807) is 6.07 Å². The van der Waals surface area contributed by atoms with E-state index in [1.165, 1.54) is 36.2 Å². The minimum atomic E-state index is -2.96. The van der Waals surface area contributed by atoms with Crippen LogP contribution in [0.4, 0.5) is 19.0 Å². The maximum atomic E-state index is 14.9. The number of hydrogen-bond acceptors (Lipinski definition) is 6. The molecule has 166 valence electrons. The van der Waals surface area contributed by atoms with Crippen LogP contribution in [0.3, 0.4) is 0 Å². The Morgan fingerprint density at radius 1 is 1.25 bits per heavy atom. The Hall–Kier alpha value is -3.53. The fourth-order valence-electron chi connectivity index (χ4n) is 4.16. The third-order valence-corrected chi connectivity index (χ3v) is 5.80. The maximum Gasteiger partial charge on any atom is 0.387 e. The van der Waals surface area contributed by atoms with Gasteiger partial charge in [-0.25, -0.2) is 9.37 Å². The molecule has 0 saturated heterocycles. The lowest BCUT2D eigenvalue weighted by Gasteiger charge is -2.24. The molecule has 0 saturated carbocycles. The number of halogens is 3. The van der Waals surface area contributed by atoms with Gasteiger partial charge < -0.3 is 24.8 Å². The number of hydrogen-bond donors (Lipinski definition) is 1. The van der Waals surface area contributed by atoms with Crippen molar-refractivity contribution < 1.29 is 32.2 Å². The summed E-state index contributed by atoms with van der Waals surface area (Å²) in [6.07, 6.45) is 0. The number of anilines is 1. The molecular weight excluding hydrogens is 427 g/mol. The Labute approximate surface area is 180 Å². The zero-order chi connectivity index (χ0) is 22.6. The van der Waals surface area contributed by atoms with Gasteiger partial charge in [0.05, 0.1) is 30.3 Å². The summed E-state index contributed by atoms with van der Waals surface area (Å²) >= 11 is 0. The quantitative estimate of drug-likeness (QED) is 0.658. The van der Waals surface area contributed by atoms with E-state index in [9.17, 15) is 18.0 Å². The summed E-state index contributed by atoms with van der Waals surface area (Å²) in [5.41, 5.74) is 8.34. The number of rotatable bonds is 4. The molecule has 10 heteroatoms.